The lowest BCUT2D eigenvalue weighted by Gasteiger charge is -2.13. The topological polar surface area (TPSA) is 107 Å². The van der Waals surface area contributed by atoms with E-state index in [1.165, 1.54) is 42.5 Å². The third kappa shape index (κ3) is 11.0. The van der Waals surface area contributed by atoms with Crippen molar-refractivity contribution in [3.63, 3.8) is 0 Å². The molecule has 4 N–H and O–H groups in total. The van der Waals surface area contributed by atoms with Crippen molar-refractivity contribution in [2.45, 2.75) is 37.6 Å². The summed E-state index contributed by atoms with van der Waals surface area (Å²) in [5, 5.41) is 37.6. The summed E-state index contributed by atoms with van der Waals surface area (Å²) in [5.74, 6) is -0.843. The molecule has 0 aliphatic rings. The van der Waals surface area contributed by atoms with Gasteiger partial charge in [-0.15, -0.1) is 0 Å². The van der Waals surface area contributed by atoms with Gasteiger partial charge in [0.05, 0.1) is 12.2 Å². The second-order valence-corrected chi connectivity index (χ2v) is 5.83. The Morgan fingerprint density at radius 2 is 1.67 bits per heavy atom. The smallest absolute Gasteiger partial charge is 0.303 e. The van der Waals surface area contributed by atoms with Gasteiger partial charge in [0.25, 0.3) is 0 Å². The van der Waals surface area contributed by atoms with Crippen LogP contribution in [0.3, 0.4) is 0 Å². The van der Waals surface area contributed by atoms with Crippen LogP contribution in [0.15, 0.2) is 60.7 Å². The van der Waals surface area contributed by atoms with Gasteiger partial charge in [-0.2, -0.15) is 0 Å². The maximum absolute atomic E-state index is 12.8. The second kappa shape index (κ2) is 12.8. The summed E-state index contributed by atoms with van der Waals surface area (Å²) >= 11 is 0. The molecule has 27 heavy (non-hydrogen) atoms. The van der Waals surface area contributed by atoms with Crippen molar-refractivity contribution in [2.75, 3.05) is 6.61 Å². The normalized spacial score (nSPS) is 15.4. The minimum atomic E-state index is -1.08. The Bertz CT molecular complexity index is 638. The van der Waals surface area contributed by atoms with E-state index in [1.807, 2.05) is 0 Å². The number of rotatable bonds is 12. The molecule has 0 aliphatic heterocycles. The number of carboxylic acid groups (broad SMARTS) is 1. The number of carbonyl (C=O) groups is 1. The van der Waals surface area contributed by atoms with Gasteiger partial charge in [-0.05, 0) is 37.1 Å². The van der Waals surface area contributed by atoms with Crippen LogP contribution in [0.1, 0.15) is 19.3 Å². The molecule has 0 aliphatic carbocycles. The van der Waals surface area contributed by atoms with Gasteiger partial charge in [-0.25, -0.2) is 4.39 Å². The number of aliphatic hydroxyl groups excluding tert-OH is 3. The Morgan fingerprint density at radius 3 is 2.30 bits per heavy atom. The number of allylic oxidation sites excluding steroid dienone is 4. The van der Waals surface area contributed by atoms with Crippen molar-refractivity contribution in [1.82, 2.24) is 0 Å². The van der Waals surface area contributed by atoms with Crippen LogP contribution in [0.2, 0.25) is 0 Å². The van der Waals surface area contributed by atoms with Crippen LogP contribution in [0.4, 0.5) is 4.39 Å². The Morgan fingerprint density at radius 1 is 1.04 bits per heavy atom. The Kier molecular flexibility index (Phi) is 10.7. The van der Waals surface area contributed by atoms with E-state index in [2.05, 4.69) is 0 Å². The van der Waals surface area contributed by atoms with E-state index >= 15 is 0 Å². The molecular weight excluding hydrogens is 355 g/mol. The van der Waals surface area contributed by atoms with Crippen molar-refractivity contribution >= 4 is 5.97 Å². The molecule has 0 radical (unpaired) electrons. The van der Waals surface area contributed by atoms with E-state index in [0.717, 1.165) is 0 Å². The fraction of sp³-hybridized carbons (Fsp3) is 0.350. The molecular formula is C20H25FO6. The Hall–Kier alpha value is -2.48. The van der Waals surface area contributed by atoms with E-state index in [-0.39, 0.29) is 31.7 Å². The molecule has 6 nitrogen and oxygen atoms in total. The zero-order valence-electron chi connectivity index (χ0n) is 14.8. The number of hydrogen-bond acceptors (Lipinski definition) is 5. The molecule has 0 bridgehead atoms. The first-order valence-electron chi connectivity index (χ1n) is 8.54. The average molecular weight is 380 g/mol. The minimum absolute atomic E-state index is 0.0209. The molecule has 0 amide bonds. The van der Waals surface area contributed by atoms with Gasteiger partial charge in [0.15, 0.2) is 0 Å². The first-order chi connectivity index (χ1) is 12.9. The largest absolute Gasteiger partial charge is 0.491 e. The zero-order valence-corrected chi connectivity index (χ0v) is 14.8. The summed E-state index contributed by atoms with van der Waals surface area (Å²) in [5.41, 5.74) is 0. The van der Waals surface area contributed by atoms with Gasteiger partial charge in [-0.1, -0.05) is 36.5 Å². The van der Waals surface area contributed by atoms with Crippen LogP contribution < -0.4 is 4.74 Å². The molecule has 1 aromatic rings. The molecule has 0 heterocycles. The fourth-order valence-corrected chi connectivity index (χ4v) is 2.03. The lowest BCUT2D eigenvalue weighted by molar-refractivity contribution is -0.137. The molecule has 0 saturated heterocycles. The highest BCUT2D eigenvalue weighted by molar-refractivity contribution is 5.66. The molecule has 148 valence electrons. The first-order valence-corrected chi connectivity index (χ1v) is 8.54. The van der Waals surface area contributed by atoms with E-state index in [1.54, 1.807) is 18.2 Å². The van der Waals surface area contributed by atoms with Crippen LogP contribution in [0.25, 0.3) is 0 Å². The molecule has 0 spiro atoms. The van der Waals surface area contributed by atoms with E-state index in [9.17, 15) is 24.5 Å². The monoisotopic (exact) mass is 380 g/mol. The Labute approximate surface area is 157 Å². The molecule has 3 atom stereocenters. The zero-order chi connectivity index (χ0) is 20.1. The standard InChI is InChI=1S/C20H25FO6/c21-15-10-12-17(13-11-15)27-14-16(22)6-3-1-2-4-7-18(23)19(24)8-5-9-20(25)26/h1-4,6-7,10-13,16,18-19,22-24H,5,8-9,14H2,(H,25,26)/b2-1-,6-3+,7-4+/t16-,18-,19+/m1/s1. The fourth-order valence-electron chi connectivity index (χ4n) is 2.03. The summed E-state index contributed by atoms with van der Waals surface area (Å²) in [6.45, 7) is 0.0209. The highest BCUT2D eigenvalue weighted by Gasteiger charge is 2.12. The van der Waals surface area contributed by atoms with Crippen molar-refractivity contribution in [2.24, 2.45) is 0 Å². The number of benzene rings is 1. The lowest BCUT2D eigenvalue weighted by atomic mass is 10.1. The summed E-state index contributed by atoms with van der Waals surface area (Å²) < 4.78 is 18.1. The van der Waals surface area contributed by atoms with Gasteiger partial charge in [0.2, 0.25) is 0 Å². The predicted octanol–water partition coefficient (Wildman–Crippen LogP) is 2.21. The molecule has 0 fully saturated rings. The van der Waals surface area contributed by atoms with Gasteiger partial charge in [-0.3, -0.25) is 4.79 Å². The van der Waals surface area contributed by atoms with Crippen LogP contribution in [-0.4, -0.2) is 51.3 Å². The van der Waals surface area contributed by atoms with Gasteiger partial charge >= 0.3 is 5.97 Å². The quantitative estimate of drug-likeness (QED) is 0.414. The lowest BCUT2D eigenvalue weighted by Crippen LogP contribution is -2.23. The molecule has 0 saturated carbocycles. The van der Waals surface area contributed by atoms with Crippen molar-refractivity contribution in [3.05, 3.63) is 66.5 Å². The van der Waals surface area contributed by atoms with E-state index in [4.69, 9.17) is 9.84 Å². The predicted molar refractivity (Wildman–Crippen MR) is 98.8 cm³/mol. The summed E-state index contributed by atoms with van der Waals surface area (Å²) in [7, 11) is 0. The van der Waals surface area contributed by atoms with Crippen LogP contribution >= 0.6 is 0 Å². The highest BCUT2D eigenvalue weighted by atomic mass is 19.1. The molecule has 0 unspecified atom stereocenters. The van der Waals surface area contributed by atoms with Crippen molar-refractivity contribution < 1.29 is 34.3 Å². The number of aliphatic hydroxyl groups is 3. The third-order valence-corrected chi connectivity index (χ3v) is 3.49. The average Bonchev–Trinajstić information content (AvgIpc) is 2.63. The molecule has 7 heteroatoms. The highest BCUT2D eigenvalue weighted by Crippen LogP contribution is 2.11. The van der Waals surface area contributed by atoms with Gasteiger partial charge < -0.3 is 25.2 Å². The number of hydrogen-bond donors (Lipinski definition) is 4. The summed E-state index contributed by atoms with van der Waals surface area (Å²) in [6, 6.07) is 5.48. The second-order valence-electron chi connectivity index (χ2n) is 5.83. The van der Waals surface area contributed by atoms with Crippen molar-refractivity contribution in [1.29, 1.82) is 0 Å². The summed E-state index contributed by atoms with van der Waals surface area (Å²) in [6.07, 6.45) is 6.76. The molecule has 1 aromatic carbocycles. The number of halogens is 1. The van der Waals surface area contributed by atoms with Gasteiger partial charge in [0, 0.05) is 6.42 Å². The Balaban J connectivity index is 2.26. The summed E-state index contributed by atoms with van der Waals surface area (Å²) in [4.78, 5) is 10.4. The van der Waals surface area contributed by atoms with Gasteiger partial charge in [0.1, 0.15) is 24.3 Å². The SMILES string of the molecule is O=C(O)CCC[C@H](O)[C@H](O)/C=C/C=C\C=C\[C@@H](O)COc1ccc(F)cc1. The first kappa shape index (κ1) is 22.6. The number of carboxylic acids is 1. The van der Waals surface area contributed by atoms with E-state index < -0.39 is 24.3 Å². The van der Waals surface area contributed by atoms with Crippen LogP contribution in [-0.2, 0) is 4.79 Å². The van der Waals surface area contributed by atoms with Crippen LogP contribution in [0.5, 0.6) is 5.75 Å². The number of aliphatic carboxylic acids is 1. The maximum Gasteiger partial charge on any atom is 0.303 e. The minimum Gasteiger partial charge on any atom is -0.491 e. The third-order valence-electron chi connectivity index (χ3n) is 3.49. The van der Waals surface area contributed by atoms with Crippen LogP contribution in [0, 0.1) is 5.82 Å². The van der Waals surface area contributed by atoms with E-state index in [0.29, 0.717) is 5.75 Å². The maximum atomic E-state index is 12.8. The number of ether oxygens (including phenoxy) is 1. The van der Waals surface area contributed by atoms with Crippen molar-refractivity contribution in [3.8, 4) is 5.75 Å². The molecule has 0 aromatic heterocycles. The molecule has 1 rings (SSSR count).